The largest absolute Gasteiger partial charge is 0.300 e. The Labute approximate surface area is 111 Å². The highest BCUT2D eigenvalue weighted by atomic mass is 16.1. The minimum absolute atomic E-state index is 0.491. The lowest BCUT2D eigenvalue weighted by molar-refractivity contribution is -0.121. The first-order valence-corrected chi connectivity index (χ1v) is 7.86. The summed E-state index contributed by atoms with van der Waals surface area (Å²) >= 11 is 0. The molecule has 2 fully saturated rings. The number of hydrogen-bond acceptors (Lipinski definition) is 1. The fourth-order valence-electron chi connectivity index (χ4n) is 5.11. The van der Waals surface area contributed by atoms with Gasteiger partial charge in [-0.3, -0.25) is 4.79 Å². The van der Waals surface area contributed by atoms with Gasteiger partial charge < -0.3 is 0 Å². The third-order valence-electron chi connectivity index (χ3n) is 6.28. The van der Waals surface area contributed by atoms with E-state index in [1.54, 1.807) is 0 Å². The molecule has 0 amide bonds. The quantitative estimate of drug-likeness (QED) is 0.676. The Balaban J connectivity index is 1.77. The number of allylic oxidation sites excluding steroid dienone is 2. The van der Waals surface area contributed by atoms with Gasteiger partial charge >= 0.3 is 0 Å². The summed E-state index contributed by atoms with van der Waals surface area (Å²) in [7, 11) is 0. The Morgan fingerprint density at radius 1 is 1.39 bits per heavy atom. The van der Waals surface area contributed by atoms with Crippen molar-refractivity contribution in [3.05, 3.63) is 12.2 Å². The summed E-state index contributed by atoms with van der Waals surface area (Å²) in [6.07, 6.45) is 13.2. The van der Waals surface area contributed by atoms with Crippen LogP contribution < -0.4 is 0 Å². The van der Waals surface area contributed by atoms with Crippen LogP contribution in [0.15, 0.2) is 12.2 Å². The second kappa shape index (κ2) is 4.51. The monoisotopic (exact) mass is 246 g/mol. The minimum Gasteiger partial charge on any atom is -0.300 e. The second-order valence-corrected chi connectivity index (χ2v) is 6.94. The number of carbonyl (C=O) groups is 1. The molecule has 0 spiro atoms. The molecule has 18 heavy (non-hydrogen) atoms. The lowest BCUT2D eigenvalue weighted by atomic mass is 9.61. The van der Waals surface area contributed by atoms with E-state index in [9.17, 15) is 4.79 Å². The Morgan fingerprint density at radius 3 is 2.72 bits per heavy atom. The maximum atomic E-state index is 11.4. The van der Waals surface area contributed by atoms with Crippen LogP contribution in [0.3, 0.4) is 0 Å². The highest BCUT2D eigenvalue weighted by Crippen LogP contribution is 2.60. The van der Waals surface area contributed by atoms with Gasteiger partial charge in [-0.1, -0.05) is 32.4 Å². The fourth-order valence-corrected chi connectivity index (χ4v) is 5.11. The van der Waals surface area contributed by atoms with Crippen LogP contribution in [0.1, 0.15) is 58.8 Å². The van der Waals surface area contributed by atoms with Crippen LogP contribution in [0.4, 0.5) is 0 Å². The smallest absolute Gasteiger partial charge is 0.132 e. The zero-order chi connectivity index (χ0) is 12.8. The molecule has 1 heteroatoms. The SMILES string of the molecule is CCC1CC2C=CC1(C(C)C1CCC(=O)CC1)C2. The van der Waals surface area contributed by atoms with Gasteiger partial charge in [-0.15, -0.1) is 0 Å². The molecule has 4 unspecified atom stereocenters. The normalized spacial score (nSPS) is 41.6. The molecule has 0 aromatic heterocycles. The van der Waals surface area contributed by atoms with Gasteiger partial charge in [0.05, 0.1) is 0 Å². The van der Waals surface area contributed by atoms with Crippen molar-refractivity contribution in [2.24, 2.45) is 29.1 Å². The van der Waals surface area contributed by atoms with E-state index in [1.807, 2.05) is 0 Å². The van der Waals surface area contributed by atoms with E-state index >= 15 is 0 Å². The molecule has 0 N–H and O–H groups in total. The van der Waals surface area contributed by atoms with E-state index in [4.69, 9.17) is 0 Å². The number of carbonyl (C=O) groups excluding carboxylic acids is 1. The first kappa shape index (κ1) is 12.4. The van der Waals surface area contributed by atoms with Crippen molar-refractivity contribution >= 4 is 5.78 Å². The summed E-state index contributed by atoms with van der Waals surface area (Å²) in [5.74, 6) is 3.83. The van der Waals surface area contributed by atoms with Gasteiger partial charge in [-0.25, -0.2) is 0 Å². The lowest BCUT2D eigenvalue weighted by Gasteiger charge is -2.43. The highest BCUT2D eigenvalue weighted by Gasteiger charge is 2.52. The van der Waals surface area contributed by atoms with Crippen LogP contribution in [-0.4, -0.2) is 5.78 Å². The maximum Gasteiger partial charge on any atom is 0.132 e. The lowest BCUT2D eigenvalue weighted by Crippen LogP contribution is -2.36. The number of hydrogen-bond donors (Lipinski definition) is 0. The molecule has 100 valence electrons. The molecule has 3 rings (SSSR count). The average molecular weight is 246 g/mol. The van der Waals surface area contributed by atoms with Crippen molar-refractivity contribution in [3.63, 3.8) is 0 Å². The van der Waals surface area contributed by atoms with E-state index in [0.717, 1.165) is 49.4 Å². The number of fused-ring (bicyclic) bond motifs is 2. The molecule has 1 nitrogen and oxygen atoms in total. The third kappa shape index (κ3) is 1.78. The maximum absolute atomic E-state index is 11.4. The van der Waals surface area contributed by atoms with Crippen LogP contribution in [0.5, 0.6) is 0 Å². The van der Waals surface area contributed by atoms with Crippen LogP contribution in [0, 0.1) is 29.1 Å². The van der Waals surface area contributed by atoms with Crippen molar-refractivity contribution in [2.45, 2.75) is 58.8 Å². The van der Waals surface area contributed by atoms with Crippen molar-refractivity contribution < 1.29 is 4.79 Å². The summed E-state index contributed by atoms with van der Waals surface area (Å²) in [6, 6.07) is 0. The van der Waals surface area contributed by atoms with E-state index in [1.165, 1.54) is 19.3 Å². The van der Waals surface area contributed by atoms with Gasteiger partial charge in [0, 0.05) is 12.8 Å². The van der Waals surface area contributed by atoms with Crippen molar-refractivity contribution in [3.8, 4) is 0 Å². The molecule has 3 aliphatic carbocycles. The predicted octanol–water partition coefficient (Wildman–Crippen LogP) is 4.37. The number of rotatable bonds is 3. The van der Waals surface area contributed by atoms with Gasteiger partial charge in [0.2, 0.25) is 0 Å². The highest BCUT2D eigenvalue weighted by molar-refractivity contribution is 5.79. The molecule has 0 aromatic carbocycles. The van der Waals surface area contributed by atoms with Gasteiger partial charge in [-0.05, 0) is 54.8 Å². The molecule has 0 aromatic rings. The van der Waals surface area contributed by atoms with Crippen molar-refractivity contribution in [1.29, 1.82) is 0 Å². The van der Waals surface area contributed by atoms with E-state index < -0.39 is 0 Å². The first-order chi connectivity index (χ1) is 8.65. The third-order valence-corrected chi connectivity index (χ3v) is 6.28. The van der Waals surface area contributed by atoms with Crippen LogP contribution in [-0.2, 0) is 4.79 Å². The zero-order valence-corrected chi connectivity index (χ0v) is 11.8. The van der Waals surface area contributed by atoms with Gasteiger partial charge in [0.1, 0.15) is 5.78 Å². The molecule has 0 heterocycles. The Hall–Kier alpha value is -0.590. The molecule has 0 radical (unpaired) electrons. The number of ketones is 1. The molecule has 0 saturated heterocycles. The molecule has 2 saturated carbocycles. The van der Waals surface area contributed by atoms with Gasteiger partial charge in [-0.2, -0.15) is 0 Å². The molecular weight excluding hydrogens is 220 g/mol. The Morgan fingerprint density at radius 2 is 2.11 bits per heavy atom. The van der Waals surface area contributed by atoms with Gasteiger partial charge in [0.15, 0.2) is 0 Å². The first-order valence-electron chi connectivity index (χ1n) is 7.86. The Kier molecular flexibility index (Phi) is 3.11. The van der Waals surface area contributed by atoms with Crippen molar-refractivity contribution in [1.82, 2.24) is 0 Å². The molecule has 0 aliphatic heterocycles. The Bertz CT molecular complexity index is 360. The summed E-state index contributed by atoms with van der Waals surface area (Å²) in [6.45, 7) is 4.83. The minimum atomic E-state index is 0.491. The fraction of sp³-hybridized carbons (Fsp3) is 0.824. The summed E-state index contributed by atoms with van der Waals surface area (Å²) < 4.78 is 0. The molecule has 2 bridgehead atoms. The standard InChI is InChI=1S/C17H26O/c1-3-15-10-13-8-9-17(15,11-13)12(2)14-4-6-16(18)7-5-14/h8-9,12-15H,3-7,10-11H2,1-2H3. The summed E-state index contributed by atoms with van der Waals surface area (Å²) in [5.41, 5.74) is 0.491. The topological polar surface area (TPSA) is 17.1 Å². The average Bonchev–Trinajstić information content (AvgIpc) is 2.97. The van der Waals surface area contributed by atoms with Gasteiger partial charge in [0.25, 0.3) is 0 Å². The van der Waals surface area contributed by atoms with E-state index in [-0.39, 0.29) is 0 Å². The molecular formula is C17H26O. The number of Topliss-reactive ketones (excluding diaryl/α,β-unsaturated/α-hetero) is 1. The molecule has 3 aliphatic rings. The van der Waals surface area contributed by atoms with Crippen molar-refractivity contribution in [2.75, 3.05) is 0 Å². The summed E-state index contributed by atoms with van der Waals surface area (Å²) in [5, 5.41) is 0. The van der Waals surface area contributed by atoms with E-state index in [0.29, 0.717) is 11.2 Å². The van der Waals surface area contributed by atoms with Crippen LogP contribution >= 0.6 is 0 Å². The van der Waals surface area contributed by atoms with Crippen LogP contribution in [0.2, 0.25) is 0 Å². The predicted molar refractivity (Wildman–Crippen MR) is 74.2 cm³/mol. The van der Waals surface area contributed by atoms with E-state index in [2.05, 4.69) is 26.0 Å². The van der Waals surface area contributed by atoms with Crippen LogP contribution in [0.25, 0.3) is 0 Å². The zero-order valence-electron chi connectivity index (χ0n) is 11.8. The molecule has 4 atom stereocenters. The second-order valence-electron chi connectivity index (χ2n) is 6.94. The summed E-state index contributed by atoms with van der Waals surface area (Å²) in [4.78, 5) is 11.4.